The highest BCUT2D eigenvalue weighted by Crippen LogP contribution is 2.38. The summed E-state index contributed by atoms with van der Waals surface area (Å²) in [5.41, 5.74) is 4.87. The fourth-order valence-corrected chi connectivity index (χ4v) is 3.40. The highest BCUT2D eigenvalue weighted by molar-refractivity contribution is 6.74. The van der Waals surface area contributed by atoms with Gasteiger partial charge in [-0.15, -0.1) is 0 Å². The Kier molecular flexibility index (Phi) is 5.39. The van der Waals surface area contributed by atoms with Gasteiger partial charge >= 0.3 is 5.69 Å². The molecule has 1 aliphatic heterocycles. The van der Waals surface area contributed by atoms with E-state index in [1.54, 1.807) is 0 Å². The largest absolute Gasteiger partial charge is 0.414 e. The van der Waals surface area contributed by atoms with Gasteiger partial charge < -0.3 is 20.0 Å². The number of aromatic nitrogens is 2. The van der Waals surface area contributed by atoms with Crippen LogP contribution in [0.15, 0.2) is 17.1 Å². The Bertz CT molecular complexity index is 722. The van der Waals surface area contributed by atoms with Crippen LogP contribution in [-0.4, -0.2) is 41.8 Å². The van der Waals surface area contributed by atoms with E-state index in [2.05, 4.69) is 38.8 Å². The molecule has 0 bridgehead atoms. The molecule has 1 saturated heterocycles. The predicted molar refractivity (Wildman–Crippen MR) is 95.1 cm³/mol. The lowest BCUT2D eigenvalue weighted by molar-refractivity contribution is -0.0443. The topological polar surface area (TPSA) is 123 Å². The van der Waals surface area contributed by atoms with Crippen LogP contribution in [0, 0.1) is 17.2 Å². The van der Waals surface area contributed by atoms with Crippen LogP contribution in [-0.2, 0) is 9.16 Å². The Morgan fingerprint density at radius 2 is 2.16 bits per heavy atom. The maximum atomic E-state index is 12.0. The first-order valence-corrected chi connectivity index (χ1v) is 11.1. The van der Waals surface area contributed by atoms with Gasteiger partial charge in [0.15, 0.2) is 14.5 Å². The van der Waals surface area contributed by atoms with Gasteiger partial charge in [0.05, 0.1) is 12.7 Å². The van der Waals surface area contributed by atoms with E-state index in [9.17, 15) is 15.2 Å². The second-order valence-electron chi connectivity index (χ2n) is 7.82. The molecule has 0 radical (unpaired) electrons. The lowest BCUT2D eigenvalue weighted by Crippen LogP contribution is -2.44. The van der Waals surface area contributed by atoms with E-state index < -0.39 is 38.4 Å². The van der Waals surface area contributed by atoms with Crippen molar-refractivity contribution < 1.29 is 14.3 Å². The molecular formula is C16H26N4O4Si. The summed E-state index contributed by atoms with van der Waals surface area (Å²) in [4.78, 5) is 15.7. The summed E-state index contributed by atoms with van der Waals surface area (Å²) in [6.07, 6.45) is -1.24. The zero-order valence-electron chi connectivity index (χ0n) is 15.3. The lowest BCUT2D eigenvalue weighted by atomic mass is 10.0. The fourth-order valence-electron chi connectivity index (χ4n) is 2.39. The summed E-state index contributed by atoms with van der Waals surface area (Å²) < 4.78 is 13.1. The number of nitrogens with zero attached hydrogens (tertiary/aromatic N) is 3. The molecule has 2 heterocycles. The second-order valence-corrected chi connectivity index (χ2v) is 12.6. The number of ether oxygens (including phenoxy) is 1. The van der Waals surface area contributed by atoms with Gasteiger partial charge in [-0.3, -0.25) is 4.57 Å². The van der Waals surface area contributed by atoms with Gasteiger partial charge in [-0.2, -0.15) is 10.2 Å². The van der Waals surface area contributed by atoms with Crippen molar-refractivity contribution in [1.29, 1.82) is 5.26 Å². The molecule has 1 aromatic rings. The smallest absolute Gasteiger partial charge is 0.351 e. The minimum Gasteiger partial charge on any atom is -0.414 e. The molecular weight excluding hydrogens is 340 g/mol. The quantitative estimate of drug-likeness (QED) is 0.768. The number of aliphatic hydroxyl groups is 1. The second kappa shape index (κ2) is 6.88. The van der Waals surface area contributed by atoms with Crippen LogP contribution in [0.1, 0.15) is 27.0 Å². The van der Waals surface area contributed by atoms with Crippen molar-refractivity contribution in [3.05, 3.63) is 22.7 Å². The molecule has 0 saturated carbocycles. The minimum atomic E-state index is -2.03. The van der Waals surface area contributed by atoms with Crippen molar-refractivity contribution >= 4 is 14.1 Å². The third-order valence-corrected chi connectivity index (χ3v) is 9.56. The molecule has 1 aromatic heterocycles. The van der Waals surface area contributed by atoms with Gasteiger partial charge in [0.2, 0.25) is 0 Å². The normalized spacial score (nSPS) is 27.2. The number of nitrogen functional groups attached to an aromatic ring is 1. The zero-order valence-corrected chi connectivity index (χ0v) is 16.3. The molecule has 0 unspecified atom stereocenters. The molecule has 8 nitrogen and oxygen atoms in total. The summed E-state index contributed by atoms with van der Waals surface area (Å²) in [5.74, 6) is -0.803. The first kappa shape index (κ1) is 19.6. The third kappa shape index (κ3) is 3.93. The molecule has 0 aromatic carbocycles. The van der Waals surface area contributed by atoms with E-state index in [0.29, 0.717) is 0 Å². The number of hydrogen-bond acceptors (Lipinski definition) is 7. The standard InChI is InChI=1S/C16H26N4O4Si/c1-16(2,3)25(4,5)23-9-11-13(21)10(8-17)14(24-11)20-7-6-12(18)19-15(20)22/h6-7,10-11,13-14,21H,9H2,1-5H3,(H2,18,19,22)/t10-,11+,13-,14+/m0/s1. The Labute approximate surface area is 148 Å². The van der Waals surface area contributed by atoms with Crippen LogP contribution >= 0.6 is 0 Å². The summed E-state index contributed by atoms with van der Waals surface area (Å²) in [6, 6.07) is 3.47. The van der Waals surface area contributed by atoms with Gasteiger partial charge in [0.1, 0.15) is 23.9 Å². The molecule has 9 heteroatoms. The van der Waals surface area contributed by atoms with E-state index in [4.69, 9.17) is 14.9 Å². The van der Waals surface area contributed by atoms with Crippen LogP contribution in [0.3, 0.4) is 0 Å². The van der Waals surface area contributed by atoms with Crippen molar-refractivity contribution in [3.8, 4) is 6.07 Å². The first-order valence-electron chi connectivity index (χ1n) is 8.19. The zero-order chi connectivity index (χ0) is 19.0. The molecule has 1 aliphatic rings. The minimum absolute atomic E-state index is 0.0163. The maximum Gasteiger partial charge on any atom is 0.351 e. The van der Waals surface area contributed by atoms with E-state index >= 15 is 0 Å². The first-order chi connectivity index (χ1) is 11.5. The molecule has 0 spiro atoms. The summed E-state index contributed by atoms with van der Waals surface area (Å²) in [5, 5.41) is 19.9. The van der Waals surface area contributed by atoms with E-state index in [1.807, 2.05) is 6.07 Å². The molecule has 138 valence electrons. The van der Waals surface area contributed by atoms with Gasteiger partial charge in [-0.1, -0.05) is 20.8 Å². The average Bonchev–Trinajstić information content (AvgIpc) is 2.80. The number of nitriles is 1. The molecule has 2 rings (SSSR count). The highest BCUT2D eigenvalue weighted by Gasteiger charge is 2.47. The Morgan fingerprint density at radius 3 is 2.68 bits per heavy atom. The number of aliphatic hydroxyl groups excluding tert-OH is 1. The summed E-state index contributed by atoms with van der Waals surface area (Å²) in [6.45, 7) is 10.7. The van der Waals surface area contributed by atoms with E-state index in [0.717, 1.165) is 0 Å². The van der Waals surface area contributed by atoms with Crippen molar-refractivity contribution in [2.75, 3.05) is 12.3 Å². The maximum absolute atomic E-state index is 12.0. The summed E-state index contributed by atoms with van der Waals surface area (Å²) >= 11 is 0. The van der Waals surface area contributed by atoms with Crippen LogP contribution in [0.4, 0.5) is 5.82 Å². The molecule has 0 aliphatic carbocycles. The van der Waals surface area contributed by atoms with Crippen molar-refractivity contribution in [1.82, 2.24) is 9.55 Å². The van der Waals surface area contributed by atoms with Crippen molar-refractivity contribution in [2.45, 2.75) is 57.3 Å². The van der Waals surface area contributed by atoms with Crippen LogP contribution < -0.4 is 11.4 Å². The van der Waals surface area contributed by atoms with Crippen molar-refractivity contribution in [2.24, 2.45) is 5.92 Å². The van der Waals surface area contributed by atoms with Gasteiger partial charge in [0.25, 0.3) is 0 Å². The number of rotatable bonds is 4. The van der Waals surface area contributed by atoms with E-state index in [-0.39, 0.29) is 17.5 Å². The fraction of sp³-hybridized carbons (Fsp3) is 0.688. The lowest BCUT2D eigenvalue weighted by Gasteiger charge is -2.37. The monoisotopic (exact) mass is 366 g/mol. The Hall–Kier alpha value is -1.73. The molecule has 25 heavy (non-hydrogen) atoms. The number of anilines is 1. The van der Waals surface area contributed by atoms with Gasteiger partial charge in [-0.25, -0.2) is 4.79 Å². The van der Waals surface area contributed by atoms with Crippen LogP contribution in [0.5, 0.6) is 0 Å². The van der Waals surface area contributed by atoms with Crippen LogP contribution in [0.2, 0.25) is 18.1 Å². The summed E-state index contributed by atoms with van der Waals surface area (Å²) in [7, 11) is -2.03. The molecule has 3 N–H and O–H groups in total. The average molecular weight is 366 g/mol. The highest BCUT2D eigenvalue weighted by atomic mass is 28.4. The SMILES string of the molecule is CC(C)(C)[Si](C)(C)OC[C@H]1O[C@@H](n2ccc(N)nc2=O)[C@@H](C#N)[C@@H]1O. The molecule has 1 fully saturated rings. The van der Waals surface area contributed by atoms with E-state index in [1.165, 1.54) is 16.8 Å². The molecule has 0 amide bonds. The Morgan fingerprint density at radius 1 is 1.52 bits per heavy atom. The predicted octanol–water partition coefficient (Wildman–Crippen LogP) is 1.25. The molecule has 4 atom stereocenters. The van der Waals surface area contributed by atoms with Crippen molar-refractivity contribution in [3.63, 3.8) is 0 Å². The Balaban J connectivity index is 2.19. The third-order valence-electron chi connectivity index (χ3n) is 5.06. The van der Waals surface area contributed by atoms with Crippen LogP contribution in [0.25, 0.3) is 0 Å². The van der Waals surface area contributed by atoms with Gasteiger partial charge in [0, 0.05) is 6.20 Å². The number of hydrogen-bond donors (Lipinski definition) is 2. The van der Waals surface area contributed by atoms with Gasteiger partial charge in [-0.05, 0) is 24.2 Å². The number of nitrogens with two attached hydrogens (primary N) is 1.